The molecule has 0 aromatic rings. The van der Waals surface area contributed by atoms with E-state index in [1.54, 1.807) is 0 Å². The Balaban J connectivity index is -0.000000110. The van der Waals surface area contributed by atoms with E-state index in [4.69, 9.17) is 209 Å². The van der Waals surface area contributed by atoms with Crippen LogP contribution in [0.15, 0.2) is 0 Å². The molecule has 0 amide bonds. The molecule has 0 aromatic carbocycles. The summed E-state index contributed by atoms with van der Waals surface area (Å²) >= 11 is 0. The number of nitrogens with zero attached hydrogens (tertiary/aromatic N) is 1. The van der Waals surface area contributed by atoms with Crippen LogP contribution >= 0.6 is 0 Å². The zero-order valence-corrected chi connectivity index (χ0v) is 54.8. The fourth-order valence-corrected chi connectivity index (χ4v) is 3.59. The highest BCUT2D eigenvalue weighted by Gasteiger charge is 2.36. The average molecular weight is 1660 g/mol. The Morgan fingerprint density at radius 2 is 0.243 bits per heavy atom. The fourth-order valence-electron chi connectivity index (χ4n) is 3.59. The number of hydrogen-bond acceptors (Lipinski definition) is 43. The first-order chi connectivity index (χ1) is 49.5. The van der Waals surface area contributed by atoms with Gasteiger partial charge in [0.15, 0.2) is 122 Å². The topological polar surface area (TPSA) is 1210 Å². The van der Waals surface area contributed by atoms with Crippen molar-refractivity contribution < 1.29 is 320 Å². The number of carboxylic acids is 21. The second kappa shape index (κ2) is 61.9. The summed E-state index contributed by atoms with van der Waals surface area (Å²) in [4.78, 5) is 205. The van der Waals surface area contributed by atoms with Crippen molar-refractivity contribution in [1.82, 2.24) is 0 Å². The molecule has 646 valence electrons. The number of carbonyl (C=O) groups is 21. The Hall–Kier alpha value is -12.0. The van der Waals surface area contributed by atoms with Gasteiger partial charge in [-0.2, -0.15) is 0 Å². The van der Waals surface area contributed by atoms with Crippen LogP contribution in [0.2, 0.25) is 0 Å². The molecule has 64 heteroatoms. The van der Waals surface area contributed by atoms with Gasteiger partial charge in [-0.3, -0.25) is 0 Å². The van der Waals surface area contributed by atoms with Crippen molar-refractivity contribution in [2.45, 2.75) is 135 Å². The van der Waals surface area contributed by atoms with E-state index in [9.17, 15) is 106 Å². The number of quaternary nitrogens is 1. The van der Waals surface area contributed by atoms with Crippen molar-refractivity contribution in [2.24, 2.45) is 0 Å². The van der Waals surface area contributed by atoms with E-state index in [-0.39, 0.29) is 6.42 Å². The summed E-state index contributed by atoms with van der Waals surface area (Å²) in [6.45, 7) is 0.425. The predicted molar refractivity (Wildman–Crippen MR) is 311 cm³/mol. The first-order valence-electron chi connectivity index (χ1n) is 26.3. The highest BCUT2D eigenvalue weighted by Crippen LogP contribution is 2.01. The minimum atomic E-state index is -2.27. The SMILES string of the molecule is C[N+](C)(C)CC(O)CC(=O)[O-].O=C(O)C(O)C(O)C(=O)O.O=C(O)C(O)C(O)C(=O)O.O=C(O)C(O)C(O)C(=O)O.O=C(O)C(O)C(O)C(=O)O.O=C(O)C(O)C(O)C(=O)O.O=C(O)C(O)C(O)C(=O)O.O=C(O)C(O)C(O)C(=O)O.O=C(O)C(O)C(O)C(=O)O.O=C(O)C(O)C(O)C(=O)O.O=C(O)C(O)C(O)C(=O)O. The first-order valence-corrected chi connectivity index (χ1v) is 26.3. The lowest BCUT2D eigenvalue weighted by atomic mass is 10.2. The van der Waals surface area contributed by atoms with Gasteiger partial charge in [-0.05, 0) is 0 Å². The van der Waals surface area contributed by atoms with Gasteiger partial charge in [0.2, 0.25) is 0 Å². The number of carbonyl (C=O) groups excluding carboxylic acids is 1. The monoisotopic (exact) mass is 1660 g/mol. The number of aliphatic hydroxyl groups is 21. The van der Waals surface area contributed by atoms with E-state index in [1.165, 1.54) is 0 Å². The molecule has 41 N–H and O–H groups in total. The first kappa shape index (κ1) is 123. The molecule has 21 unspecified atom stereocenters. The molecule has 0 bridgehead atoms. The highest BCUT2D eigenvalue weighted by atomic mass is 16.5. The molecule has 0 spiro atoms. The van der Waals surface area contributed by atoms with Gasteiger partial charge in [0.05, 0.1) is 21.1 Å². The second-order valence-corrected chi connectivity index (χ2v) is 19.4. The molecule has 0 saturated carbocycles. The van der Waals surface area contributed by atoms with E-state index in [0.717, 1.165) is 0 Å². The molecule has 0 fully saturated rings. The third-order valence-corrected chi connectivity index (χ3v) is 9.21. The third-order valence-electron chi connectivity index (χ3n) is 9.21. The molecule has 111 heavy (non-hydrogen) atoms. The third kappa shape index (κ3) is 66.0. The molecule has 0 rings (SSSR count). The number of aliphatic carboxylic acids is 21. The summed E-state index contributed by atoms with van der Waals surface area (Å²) in [6, 6.07) is 0. The van der Waals surface area contributed by atoms with Crippen LogP contribution in [0.4, 0.5) is 0 Å². The van der Waals surface area contributed by atoms with Crippen LogP contribution in [0.25, 0.3) is 0 Å². The molecule has 0 aliphatic carbocycles. The van der Waals surface area contributed by atoms with E-state index in [2.05, 4.69) is 0 Å². The number of rotatable bonds is 34. The van der Waals surface area contributed by atoms with Gasteiger partial charge in [0.25, 0.3) is 0 Å². The minimum absolute atomic E-state index is 0.282. The van der Waals surface area contributed by atoms with Crippen LogP contribution in [-0.4, -0.2) is 495 Å². The maximum Gasteiger partial charge on any atom is 0.335 e. The summed E-state index contributed by atoms with van der Waals surface area (Å²) in [6.07, 6.45) is -46.4. The lowest BCUT2D eigenvalue weighted by Gasteiger charge is -2.26. The molecule has 21 atom stereocenters. The van der Waals surface area contributed by atoms with E-state index >= 15 is 0 Å². The molecule has 0 aromatic heterocycles. The number of hydrogen-bond donors (Lipinski definition) is 41. The zero-order valence-electron chi connectivity index (χ0n) is 54.8. The minimum Gasteiger partial charge on any atom is -0.550 e. The van der Waals surface area contributed by atoms with Crippen LogP contribution in [0, 0.1) is 0 Å². The van der Waals surface area contributed by atoms with Gasteiger partial charge in [-0.25, -0.2) is 95.9 Å². The van der Waals surface area contributed by atoms with E-state index < -0.39 is 254 Å². The highest BCUT2D eigenvalue weighted by molar-refractivity contribution is 5.88. The van der Waals surface area contributed by atoms with Crippen LogP contribution in [0.3, 0.4) is 0 Å². The molecule has 0 heterocycles. The molecule has 64 nitrogen and oxygen atoms in total. The molecule has 0 radical (unpaired) electrons. The van der Waals surface area contributed by atoms with Crippen LogP contribution < -0.4 is 5.11 Å². The summed E-state index contributed by atoms with van der Waals surface area (Å²) in [7, 11) is 5.66. The number of likely N-dealkylation sites (N-methyl/N-ethyl adjacent to an activating group) is 1. The van der Waals surface area contributed by atoms with Crippen molar-refractivity contribution in [1.29, 1.82) is 0 Å². The van der Waals surface area contributed by atoms with Gasteiger partial charge >= 0.3 is 119 Å². The van der Waals surface area contributed by atoms with Crippen molar-refractivity contribution in [3.8, 4) is 0 Å². The van der Waals surface area contributed by atoms with Crippen molar-refractivity contribution in [3.05, 3.63) is 0 Å². The molecule has 0 aliphatic heterocycles. The molecular weight excluding hydrogens is 1590 g/mol. The van der Waals surface area contributed by atoms with Crippen molar-refractivity contribution in [3.63, 3.8) is 0 Å². The summed E-state index contributed by atoms with van der Waals surface area (Å²) in [5.74, 6) is -36.6. The van der Waals surface area contributed by atoms with Gasteiger partial charge in [0, 0.05) is 12.4 Å². The van der Waals surface area contributed by atoms with Gasteiger partial charge in [0.1, 0.15) is 12.6 Å². The number of aliphatic hydroxyl groups excluding tert-OH is 21. The fraction of sp³-hybridized carbons (Fsp3) is 0.553. The predicted octanol–water partition coefficient (Wildman–Crippen LogP) is -23.0. The lowest BCUT2D eigenvalue weighted by molar-refractivity contribution is -0.873. The Kier molecular flexibility index (Phi) is 68.5. The van der Waals surface area contributed by atoms with Gasteiger partial charge in [-0.1, -0.05) is 0 Å². The smallest absolute Gasteiger partial charge is 0.335 e. The van der Waals surface area contributed by atoms with Crippen LogP contribution in [0.5, 0.6) is 0 Å². The molecule has 0 aliphatic rings. The average Bonchev–Trinajstić information content (AvgIpc) is 0.992. The lowest BCUT2D eigenvalue weighted by Crippen LogP contribution is -2.43. The second-order valence-electron chi connectivity index (χ2n) is 19.4. The largest absolute Gasteiger partial charge is 0.550 e. The Morgan fingerprint density at radius 1 is 0.180 bits per heavy atom. The summed E-state index contributed by atoms with van der Waals surface area (Å²) < 4.78 is 0.550. The normalized spacial score (nSPS) is 15.7. The van der Waals surface area contributed by atoms with Gasteiger partial charge < -0.3 is 224 Å². The van der Waals surface area contributed by atoms with Crippen LogP contribution in [0.1, 0.15) is 6.42 Å². The van der Waals surface area contributed by atoms with Crippen molar-refractivity contribution >= 4 is 125 Å². The van der Waals surface area contributed by atoms with Crippen LogP contribution in [-0.2, 0) is 101 Å². The maximum absolute atomic E-state index is 10.0. The Labute approximate surface area is 606 Å². The Bertz CT molecular complexity index is 2250. The summed E-state index contributed by atoms with van der Waals surface area (Å²) in [5.41, 5.74) is 0. The zero-order chi connectivity index (χ0) is 92.2. The summed E-state index contributed by atoms with van der Waals surface area (Å²) in [5, 5.41) is 344. The van der Waals surface area contributed by atoms with E-state index in [1.807, 2.05) is 21.1 Å². The molecule has 0 saturated heterocycles. The van der Waals surface area contributed by atoms with Gasteiger partial charge in [-0.15, -0.1) is 0 Å². The molecular formula is C47H75NO63. The van der Waals surface area contributed by atoms with E-state index in [0.29, 0.717) is 11.0 Å². The van der Waals surface area contributed by atoms with Crippen molar-refractivity contribution in [2.75, 3.05) is 27.7 Å². The maximum atomic E-state index is 10.0. The standard InChI is InChI=1S/C7H15NO3.10C4H6O6/c1-8(2,3)5-6(9)4-7(10)11;10*5-1(3(7)8)2(6)4(9)10/h6,9H,4-5H2,1-3H3;10*1-2,5-6H,(H,7,8)(H,9,10). The Morgan fingerprint density at radius 3 is 0.279 bits per heavy atom. The quantitative estimate of drug-likeness (QED) is 0.0266. The number of carboxylic acid groups (broad SMARTS) is 21.